The molecule has 0 N–H and O–H groups in total. The van der Waals surface area contributed by atoms with Gasteiger partial charge in [-0.1, -0.05) is 43.6 Å². The van der Waals surface area contributed by atoms with E-state index in [0.717, 1.165) is 30.6 Å². The minimum Gasteiger partial charge on any atom is -0.299 e. The minimum absolute atomic E-state index is 0.302. The van der Waals surface area contributed by atoms with Gasteiger partial charge in [0.25, 0.3) is 0 Å². The number of carbonyl (C=O) groups excluding carboxylic acids is 1. The van der Waals surface area contributed by atoms with Crippen molar-refractivity contribution in [1.29, 1.82) is 0 Å². The first-order chi connectivity index (χ1) is 13.7. The van der Waals surface area contributed by atoms with Gasteiger partial charge in [0.05, 0.1) is 0 Å². The minimum atomic E-state index is 0.302. The number of fused-ring (bicyclic) bond motifs is 5. The van der Waals surface area contributed by atoms with Crippen LogP contribution in [-0.2, 0) is 4.79 Å². The second kappa shape index (κ2) is 7.69. The quantitative estimate of drug-likeness (QED) is 0.443. The fourth-order valence-electron chi connectivity index (χ4n) is 8.67. The Morgan fingerprint density at radius 3 is 2.28 bits per heavy atom. The molecule has 0 aromatic heterocycles. The number of carbonyl (C=O) groups is 1. The van der Waals surface area contributed by atoms with Crippen LogP contribution in [0.4, 0.5) is 0 Å². The van der Waals surface area contributed by atoms with Crippen molar-refractivity contribution in [2.24, 2.45) is 40.4 Å². The van der Waals surface area contributed by atoms with Crippen LogP contribution in [0, 0.1) is 40.4 Å². The maximum atomic E-state index is 12.4. The molecule has 7 atom stereocenters. The molecule has 0 bridgehead atoms. The highest BCUT2D eigenvalue weighted by molar-refractivity contribution is 5.82. The molecule has 0 spiro atoms. The fraction of sp³-hybridized carbons (Fsp3) is 0.821. The van der Waals surface area contributed by atoms with Gasteiger partial charge in [-0.15, -0.1) is 0 Å². The average molecular weight is 397 g/mol. The van der Waals surface area contributed by atoms with E-state index in [1.807, 2.05) is 5.57 Å². The van der Waals surface area contributed by atoms with Gasteiger partial charge in [0.2, 0.25) is 0 Å². The molecular weight excluding hydrogens is 352 g/mol. The maximum absolute atomic E-state index is 12.4. The van der Waals surface area contributed by atoms with Crippen LogP contribution < -0.4 is 0 Å². The second-order valence-electron chi connectivity index (χ2n) is 11.9. The topological polar surface area (TPSA) is 17.1 Å². The summed E-state index contributed by atoms with van der Waals surface area (Å²) >= 11 is 0. The number of hydrogen-bond acceptors (Lipinski definition) is 1. The molecule has 162 valence electrons. The van der Waals surface area contributed by atoms with Crippen LogP contribution >= 0.6 is 0 Å². The van der Waals surface area contributed by atoms with Gasteiger partial charge >= 0.3 is 0 Å². The molecule has 4 rings (SSSR count). The van der Waals surface area contributed by atoms with Gasteiger partial charge in [0, 0.05) is 12.3 Å². The molecule has 4 saturated carbocycles. The SMILES string of the molecule is CC(C)=CCC/C(C)=C1/CC[C@@]2(C)C1CC[C@@H]1C2CCC2[C@@H](C)C(=O)CC[C@@]21C. The monoisotopic (exact) mass is 396 g/mol. The summed E-state index contributed by atoms with van der Waals surface area (Å²) in [4.78, 5) is 12.4. The predicted octanol–water partition coefficient (Wildman–Crippen LogP) is 7.91. The van der Waals surface area contributed by atoms with E-state index in [2.05, 4.69) is 47.6 Å². The Morgan fingerprint density at radius 1 is 0.931 bits per heavy atom. The number of allylic oxidation sites excluding steroid dienone is 4. The van der Waals surface area contributed by atoms with Crippen LogP contribution in [0.15, 0.2) is 22.8 Å². The van der Waals surface area contributed by atoms with E-state index < -0.39 is 0 Å². The maximum Gasteiger partial charge on any atom is 0.136 e. The number of hydrogen-bond donors (Lipinski definition) is 0. The van der Waals surface area contributed by atoms with E-state index in [1.54, 1.807) is 5.57 Å². The summed E-state index contributed by atoms with van der Waals surface area (Å²) in [7, 11) is 0. The highest BCUT2D eigenvalue weighted by atomic mass is 16.1. The van der Waals surface area contributed by atoms with E-state index in [1.165, 1.54) is 56.9 Å². The highest BCUT2D eigenvalue weighted by Crippen LogP contribution is 2.68. The van der Waals surface area contributed by atoms with Crippen LogP contribution in [0.25, 0.3) is 0 Å². The molecule has 4 aliphatic rings. The van der Waals surface area contributed by atoms with Gasteiger partial charge < -0.3 is 0 Å². The van der Waals surface area contributed by atoms with E-state index in [9.17, 15) is 4.79 Å². The Labute approximate surface area is 179 Å². The predicted molar refractivity (Wildman–Crippen MR) is 123 cm³/mol. The first-order valence-electron chi connectivity index (χ1n) is 12.5. The normalized spacial score (nSPS) is 45.9. The largest absolute Gasteiger partial charge is 0.299 e. The lowest BCUT2D eigenvalue weighted by molar-refractivity contribution is -0.151. The van der Waals surface area contributed by atoms with Crippen molar-refractivity contribution in [2.45, 2.75) is 106 Å². The van der Waals surface area contributed by atoms with Crippen LogP contribution in [0.2, 0.25) is 0 Å². The van der Waals surface area contributed by atoms with Crippen LogP contribution in [0.5, 0.6) is 0 Å². The van der Waals surface area contributed by atoms with Crippen molar-refractivity contribution in [2.75, 3.05) is 0 Å². The van der Waals surface area contributed by atoms with Gasteiger partial charge in [-0.3, -0.25) is 4.79 Å². The molecule has 0 amide bonds. The summed E-state index contributed by atoms with van der Waals surface area (Å²) in [6.45, 7) is 14.3. The Hall–Kier alpha value is -0.850. The van der Waals surface area contributed by atoms with Crippen molar-refractivity contribution in [3.05, 3.63) is 22.8 Å². The van der Waals surface area contributed by atoms with Crippen molar-refractivity contribution in [3.8, 4) is 0 Å². The summed E-state index contributed by atoms with van der Waals surface area (Å²) in [5, 5.41) is 0. The summed E-state index contributed by atoms with van der Waals surface area (Å²) in [6.07, 6.45) is 15.1. The summed E-state index contributed by atoms with van der Waals surface area (Å²) in [5.41, 5.74) is 5.91. The Kier molecular flexibility index (Phi) is 5.67. The molecule has 4 aliphatic carbocycles. The van der Waals surface area contributed by atoms with Crippen molar-refractivity contribution >= 4 is 5.78 Å². The van der Waals surface area contributed by atoms with Crippen molar-refractivity contribution in [3.63, 3.8) is 0 Å². The lowest BCUT2D eigenvalue weighted by atomic mass is 9.42. The molecule has 0 aliphatic heterocycles. The van der Waals surface area contributed by atoms with Crippen molar-refractivity contribution in [1.82, 2.24) is 0 Å². The third kappa shape index (κ3) is 3.39. The molecule has 3 unspecified atom stereocenters. The lowest BCUT2D eigenvalue weighted by Crippen LogP contribution is -2.56. The zero-order valence-corrected chi connectivity index (χ0v) is 19.9. The van der Waals surface area contributed by atoms with Crippen LogP contribution in [0.1, 0.15) is 106 Å². The molecule has 1 heteroatoms. The van der Waals surface area contributed by atoms with E-state index in [4.69, 9.17) is 0 Å². The third-order valence-electron chi connectivity index (χ3n) is 10.4. The first-order valence-corrected chi connectivity index (χ1v) is 12.5. The average Bonchev–Trinajstić information content (AvgIpc) is 3.02. The molecule has 4 fully saturated rings. The summed E-state index contributed by atoms with van der Waals surface area (Å²) < 4.78 is 0. The van der Waals surface area contributed by atoms with E-state index in [0.29, 0.717) is 28.4 Å². The van der Waals surface area contributed by atoms with Crippen molar-refractivity contribution < 1.29 is 4.79 Å². The highest BCUT2D eigenvalue weighted by Gasteiger charge is 2.61. The smallest absolute Gasteiger partial charge is 0.136 e. The van der Waals surface area contributed by atoms with Gasteiger partial charge in [0.15, 0.2) is 0 Å². The molecule has 29 heavy (non-hydrogen) atoms. The standard InChI is InChI=1S/C28H44O/c1-18(2)8-7-9-19(3)21-14-16-28(6)23(21)11-13-24-25(28)12-10-22-20(4)26(29)15-17-27(22,24)5/h8,20,22-25H,7,9-17H2,1-6H3/b21-19-/t20-,22?,23?,24-,25?,27+,28+/m1/s1. The van der Waals surface area contributed by atoms with E-state index in [-0.39, 0.29) is 0 Å². The van der Waals surface area contributed by atoms with Gasteiger partial charge in [-0.2, -0.15) is 0 Å². The molecule has 0 saturated heterocycles. The van der Waals surface area contributed by atoms with Gasteiger partial charge in [0.1, 0.15) is 5.78 Å². The third-order valence-corrected chi connectivity index (χ3v) is 10.4. The molecule has 0 radical (unpaired) electrons. The van der Waals surface area contributed by atoms with Crippen LogP contribution in [0.3, 0.4) is 0 Å². The Balaban J connectivity index is 1.57. The molecule has 0 aromatic rings. The van der Waals surface area contributed by atoms with Crippen LogP contribution in [-0.4, -0.2) is 5.78 Å². The molecule has 1 nitrogen and oxygen atoms in total. The Morgan fingerprint density at radius 2 is 1.55 bits per heavy atom. The summed E-state index contributed by atoms with van der Waals surface area (Å²) in [6, 6.07) is 0. The number of Topliss-reactive ketones (excluding diaryl/α,β-unsaturated/α-hetero) is 1. The van der Waals surface area contributed by atoms with E-state index >= 15 is 0 Å². The zero-order valence-electron chi connectivity index (χ0n) is 19.9. The number of rotatable bonds is 3. The zero-order chi connectivity index (χ0) is 21.0. The second-order valence-corrected chi connectivity index (χ2v) is 11.9. The summed E-state index contributed by atoms with van der Waals surface area (Å²) in [5.74, 6) is 4.06. The Bertz CT molecular complexity index is 723. The molecular formula is C28H44O. The fourth-order valence-corrected chi connectivity index (χ4v) is 8.67. The number of ketones is 1. The molecule has 0 heterocycles. The lowest BCUT2D eigenvalue weighted by Gasteiger charge is -2.62. The first kappa shape index (κ1) is 21.4. The molecule has 0 aromatic carbocycles. The van der Waals surface area contributed by atoms with Gasteiger partial charge in [-0.05, 0) is 113 Å². The van der Waals surface area contributed by atoms with Gasteiger partial charge in [-0.25, -0.2) is 0 Å².